The Kier molecular flexibility index (Phi) is 9.00. The van der Waals surface area contributed by atoms with Crippen molar-refractivity contribution in [1.82, 2.24) is 0 Å². The van der Waals surface area contributed by atoms with Gasteiger partial charge in [-0.15, -0.1) is 0 Å². The van der Waals surface area contributed by atoms with Crippen LogP contribution in [0.4, 0.5) is 0 Å². The molecule has 0 aromatic rings. The minimum atomic E-state index is -0.441. The van der Waals surface area contributed by atoms with Crippen molar-refractivity contribution >= 4 is 0 Å². The quantitative estimate of drug-likeness (QED) is 0.454. The van der Waals surface area contributed by atoms with E-state index in [1.807, 2.05) is 0 Å². The zero-order valence-corrected chi connectivity index (χ0v) is 9.47. The average molecular weight is 220 g/mol. The first kappa shape index (κ1) is 14.8. The Morgan fingerprint density at radius 3 is 1.73 bits per heavy atom. The summed E-state index contributed by atoms with van der Waals surface area (Å²) in [7, 11) is 0. The van der Waals surface area contributed by atoms with Gasteiger partial charge in [0.05, 0.1) is 18.3 Å². The van der Waals surface area contributed by atoms with Crippen molar-refractivity contribution in [1.29, 1.82) is 0 Å². The van der Waals surface area contributed by atoms with Crippen LogP contribution in [0.1, 0.15) is 45.4 Å². The molecule has 0 aromatic heterocycles. The largest absolute Gasteiger partial charge is 0.396 e. The molecule has 0 spiro atoms. The summed E-state index contributed by atoms with van der Waals surface area (Å²) < 4.78 is 0. The van der Waals surface area contributed by atoms with E-state index in [1.54, 1.807) is 6.92 Å². The lowest BCUT2D eigenvalue weighted by Gasteiger charge is -2.14. The number of rotatable bonds is 9. The van der Waals surface area contributed by atoms with Gasteiger partial charge in [0.1, 0.15) is 0 Å². The van der Waals surface area contributed by atoms with Crippen molar-refractivity contribution in [2.45, 2.75) is 63.8 Å². The first-order chi connectivity index (χ1) is 7.06. The highest BCUT2D eigenvalue weighted by atomic mass is 16.3. The van der Waals surface area contributed by atoms with Gasteiger partial charge in [0.2, 0.25) is 0 Å². The Morgan fingerprint density at radius 1 is 0.800 bits per heavy atom. The second-order valence-corrected chi connectivity index (χ2v) is 4.18. The lowest BCUT2D eigenvalue weighted by Crippen LogP contribution is -2.15. The SMILES string of the molecule is CC(O)CCC(O)CCC(O)CCCO. The summed E-state index contributed by atoms with van der Waals surface area (Å²) in [5.74, 6) is 0. The Hall–Kier alpha value is -0.160. The van der Waals surface area contributed by atoms with Gasteiger partial charge in [0.25, 0.3) is 0 Å². The average Bonchev–Trinajstić information content (AvgIpc) is 2.20. The molecular formula is C11H24O4. The van der Waals surface area contributed by atoms with Gasteiger partial charge in [-0.3, -0.25) is 0 Å². The molecule has 3 unspecified atom stereocenters. The molecule has 0 aliphatic heterocycles. The van der Waals surface area contributed by atoms with E-state index in [0.717, 1.165) is 0 Å². The summed E-state index contributed by atoms with van der Waals surface area (Å²) in [5, 5.41) is 36.5. The summed E-state index contributed by atoms with van der Waals surface area (Å²) >= 11 is 0. The highest BCUT2D eigenvalue weighted by Gasteiger charge is 2.10. The third kappa shape index (κ3) is 10.1. The number of aliphatic hydroxyl groups excluding tert-OH is 4. The van der Waals surface area contributed by atoms with E-state index in [4.69, 9.17) is 10.2 Å². The molecule has 4 heteroatoms. The van der Waals surface area contributed by atoms with Crippen LogP contribution in [0.15, 0.2) is 0 Å². The van der Waals surface area contributed by atoms with Crippen LogP contribution in [0, 0.1) is 0 Å². The smallest absolute Gasteiger partial charge is 0.0542 e. The van der Waals surface area contributed by atoms with E-state index >= 15 is 0 Å². The fourth-order valence-corrected chi connectivity index (χ4v) is 1.43. The molecule has 3 atom stereocenters. The molecule has 4 nitrogen and oxygen atoms in total. The lowest BCUT2D eigenvalue weighted by molar-refractivity contribution is 0.0866. The summed E-state index contributed by atoms with van der Waals surface area (Å²) in [6.45, 7) is 1.80. The standard InChI is InChI=1S/C11H24O4/c1-9(13)4-5-11(15)7-6-10(14)3-2-8-12/h9-15H,2-8H2,1H3. The molecule has 0 heterocycles. The number of hydrogen-bond acceptors (Lipinski definition) is 4. The van der Waals surface area contributed by atoms with Crippen LogP contribution in [-0.4, -0.2) is 45.3 Å². The maximum absolute atomic E-state index is 9.50. The van der Waals surface area contributed by atoms with Gasteiger partial charge in [0.15, 0.2) is 0 Å². The summed E-state index contributed by atoms with van der Waals surface area (Å²) in [6.07, 6.45) is 2.21. The van der Waals surface area contributed by atoms with Gasteiger partial charge in [-0.1, -0.05) is 0 Å². The lowest BCUT2D eigenvalue weighted by atomic mass is 10.0. The topological polar surface area (TPSA) is 80.9 Å². The van der Waals surface area contributed by atoms with Crippen LogP contribution in [0.3, 0.4) is 0 Å². The molecule has 0 saturated heterocycles. The van der Waals surface area contributed by atoms with E-state index < -0.39 is 12.2 Å². The van der Waals surface area contributed by atoms with Crippen molar-refractivity contribution in [3.63, 3.8) is 0 Å². The van der Waals surface area contributed by atoms with Gasteiger partial charge in [-0.2, -0.15) is 0 Å². The van der Waals surface area contributed by atoms with E-state index in [9.17, 15) is 10.2 Å². The Bertz CT molecular complexity index is 139. The second-order valence-electron chi connectivity index (χ2n) is 4.18. The molecule has 0 bridgehead atoms. The molecule has 0 aliphatic rings. The minimum Gasteiger partial charge on any atom is -0.396 e. The summed E-state index contributed by atoms with van der Waals surface area (Å²) in [5.41, 5.74) is 0. The molecule has 0 radical (unpaired) electrons. The molecule has 92 valence electrons. The van der Waals surface area contributed by atoms with Crippen molar-refractivity contribution < 1.29 is 20.4 Å². The predicted molar refractivity (Wildman–Crippen MR) is 58.5 cm³/mol. The van der Waals surface area contributed by atoms with E-state index in [2.05, 4.69) is 0 Å². The van der Waals surface area contributed by atoms with Crippen LogP contribution < -0.4 is 0 Å². The first-order valence-electron chi connectivity index (χ1n) is 5.71. The van der Waals surface area contributed by atoms with E-state index in [0.29, 0.717) is 38.5 Å². The second kappa shape index (κ2) is 9.09. The van der Waals surface area contributed by atoms with E-state index in [-0.39, 0.29) is 12.7 Å². The molecule has 0 saturated carbocycles. The van der Waals surface area contributed by atoms with E-state index in [1.165, 1.54) is 0 Å². The van der Waals surface area contributed by atoms with Gasteiger partial charge in [0, 0.05) is 6.61 Å². The van der Waals surface area contributed by atoms with Crippen molar-refractivity contribution in [3.05, 3.63) is 0 Å². The minimum absolute atomic E-state index is 0.0988. The van der Waals surface area contributed by atoms with Crippen molar-refractivity contribution in [2.75, 3.05) is 6.61 Å². The van der Waals surface area contributed by atoms with Crippen LogP contribution in [0.5, 0.6) is 0 Å². The zero-order chi connectivity index (χ0) is 11.7. The van der Waals surface area contributed by atoms with Crippen molar-refractivity contribution in [3.8, 4) is 0 Å². The van der Waals surface area contributed by atoms with Crippen LogP contribution in [0.2, 0.25) is 0 Å². The maximum atomic E-state index is 9.50. The van der Waals surface area contributed by atoms with Crippen LogP contribution >= 0.6 is 0 Å². The van der Waals surface area contributed by atoms with Gasteiger partial charge in [-0.05, 0) is 45.4 Å². The van der Waals surface area contributed by atoms with Gasteiger partial charge >= 0.3 is 0 Å². The molecule has 0 aromatic carbocycles. The number of hydrogen-bond donors (Lipinski definition) is 4. The molecule has 0 aliphatic carbocycles. The molecular weight excluding hydrogens is 196 g/mol. The summed E-state index contributed by atoms with van der Waals surface area (Å²) in [4.78, 5) is 0. The Balaban J connectivity index is 3.39. The highest BCUT2D eigenvalue weighted by molar-refractivity contribution is 4.63. The predicted octanol–water partition coefficient (Wildman–Crippen LogP) is 0.422. The molecule has 0 rings (SSSR count). The number of aliphatic hydroxyl groups is 4. The fourth-order valence-electron chi connectivity index (χ4n) is 1.43. The molecule has 15 heavy (non-hydrogen) atoms. The zero-order valence-electron chi connectivity index (χ0n) is 9.47. The van der Waals surface area contributed by atoms with Gasteiger partial charge in [-0.25, -0.2) is 0 Å². The van der Waals surface area contributed by atoms with Gasteiger partial charge < -0.3 is 20.4 Å². The summed E-state index contributed by atoms with van der Waals surface area (Å²) in [6, 6.07) is 0. The third-order valence-electron chi connectivity index (χ3n) is 2.45. The molecule has 0 fully saturated rings. The first-order valence-corrected chi connectivity index (χ1v) is 5.71. The Labute approximate surface area is 91.6 Å². The van der Waals surface area contributed by atoms with Crippen molar-refractivity contribution in [2.24, 2.45) is 0 Å². The normalized spacial score (nSPS) is 17.4. The molecule has 4 N–H and O–H groups in total. The van der Waals surface area contributed by atoms with Crippen LogP contribution in [-0.2, 0) is 0 Å². The fraction of sp³-hybridized carbons (Fsp3) is 1.00. The monoisotopic (exact) mass is 220 g/mol. The third-order valence-corrected chi connectivity index (χ3v) is 2.45. The maximum Gasteiger partial charge on any atom is 0.0542 e. The highest BCUT2D eigenvalue weighted by Crippen LogP contribution is 2.11. The molecule has 0 amide bonds. The van der Waals surface area contributed by atoms with Crippen LogP contribution in [0.25, 0.3) is 0 Å². The Morgan fingerprint density at radius 2 is 1.27 bits per heavy atom.